The first-order chi connectivity index (χ1) is 25.5. The molecule has 2 amide bonds. The van der Waals surface area contributed by atoms with Gasteiger partial charge in [0, 0.05) is 60.3 Å². The van der Waals surface area contributed by atoms with Crippen molar-refractivity contribution in [3.05, 3.63) is 63.8 Å². The van der Waals surface area contributed by atoms with Crippen LogP contribution < -0.4 is 15.2 Å². The van der Waals surface area contributed by atoms with Gasteiger partial charge in [0.15, 0.2) is 0 Å². The highest BCUT2D eigenvalue weighted by atomic mass is 35.5. The van der Waals surface area contributed by atoms with Crippen LogP contribution in [0, 0.1) is 6.92 Å². The van der Waals surface area contributed by atoms with E-state index in [1.807, 2.05) is 45.3 Å². The van der Waals surface area contributed by atoms with Gasteiger partial charge >= 0.3 is 12.1 Å². The van der Waals surface area contributed by atoms with Gasteiger partial charge in [0.2, 0.25) is 21.8 Å². The lowest BCUT2D eigenvalue weighted by Gasteiger charge is -2.39. The standard InChI is InChI=1S/C34H46Cl2N6O5S.C2HF3O2/c1-23-12-13-24-9-8-11-28(32(24)38-23)47-22-26-27(35)14-15-29(31(26)36)48(45,46)39-34(2,3)33(44)42-19-17-41(18-20-42)30(43)21-25(37)10-6-7-16-40(4)5;3-2(4,5)1(6)7/h8-9,11-15,25,39H,6-7,10,16-22,37H2,1-5H3;(H,6,7)/t25-;/m0./s1. The average molecular weight is 836 g/mol. The number of fused-ring (bicyclic) bond motifs is 1. The van der Waals surface area contributed by atoms with E-state index in [9.17, 15) is 31.2 Å². The van der Waals surface area contributed by atoms with Gasteiger partial charge in [-0.2, -0.15) is 17.9 Å². The Balaban J connectivity index is 0.00000106. The first kappa shape index (κ1) is 45.6. The van der Waals surface area contributed by atoms with Crippen molar-refractivity contribution in [1.82, 2.24) is 24.4 Å². The molecule has 0 unspecified atom stereocenters. The number of piperazine rings is 1. The van der Waals surface area contributed by atoms with E-state index in [4.69, 9.17) is 43.6 Å². The number of hydrogen-bond acceptors (Lipinski definition) is 9. The summed E-state index contributed by atoms with van der Waals surface area (Å²) in [6.45, 7) is 7.01. The molecule has 1 aromatic heterocycles. The third-order valence-corrected chi connectivity index (χ3v) is 11.2. The zero-order valence-electron chi connectivity index (χ0n) is 31.3. The number of amides is 2. The lowest BCUT2D eigenvalue weighted by molar-refractivity contribution is -0.192. The van der Waals surface area contributed by atoms with Crippen molar-refractivity contribution in [2.24, 2.45) is 5.73 Å². The quantitative estimate of drug-likeness (QED) is 0.182. The molecule has 304 valence electrons. The Labute approximate surface area is 328 Å². The van der Waals surface area contributed by atoms with Crippen LogP contribution >= 0.6 is 23.2 Å². The molecule has 1 saturated heterocycles. The van der Waals surface area contributed by atoms with Gasteiger partial charge in [-0.3, -0.25) is 9.59 Å². The molecule has 55 heavy (non-hydrogen) atoms. The highest BCUT2D eigenvalue weighted by molar-refractivity contribution is 7.89. The van der Waals surface area contributed by atoms with Crippen molar-refractivity contribution < 1.29 is 45.8 Å². The number of nitrogens with two attached hydrogens (primary N) is 1. The molecule has 0 bridgehead atoms. The number of carboxylic acid groups (broad SMARTS) is 1. The summed E-state index contributed by atoms with van der Waals surface area (Å²) < 4.78 is 67.6. The second-order valence-electron chi connectivity index (χ2n) is 13.9. The number of ether oxygens (including phenoxy) is 1. The second kappa shape index (κ2) is 19.4. The first-order valence-corrected chi connectivity index (χ1v) is 19.5. The minimum Gasteiger partial charge on any atom is -0.487 e. The number of hydrogen-bond donors (Lipinski definition) is 3. The predicted molar refractivity (Wildman–Crippen MR) is 204 cm³/mol. The van der Waals surface area contributed by atoms with E-state index in [0.29, 0.717) is 24.4 Å². The third-order valence-electron chi connectivity index (χ3n) is 8.59. The first-order valence-electron chi connectivity index (χ1n) is 17.3. The van der Waals surface area contributed by atoms with Crippen molar-refractivity contribution >= 4 is 61.9 Å². The Morgan fingerprint density at radius 3 is 2.24 bits per heavy atom. The zero-order valence-corrected chi connectivity index (χ0v) is 33.6. The number of halogens is 5. The van der Waals surface area contributed by atoms with Crippen molar-refractivity contribution in [3.8, 4) is 5.75 Å². The smallest absolute Gasteiger partial charge is 0.487 e. The van der Waals surface area contributed by atoms with E-state index < -0.39 is 33.6 Å². The number of rotatable bonds is 14. The fraction of sp³-hybridized carbons (Fsp3) is 0.500. The predicted octanol–water partition coefficient (Wildman–Crippen LogP) is 5.24. The molecule has 2 aromatic carbocycles. The molecule has 1 atom stereocenters. The number of aromatic nitrogens is 1. The normalized spacial score (nSPS) is 14.4. The summed E-state index contributed by atoms with van der Waals surface area (Å²) in [6, 6.07) is 11.9. The van der Waals surface area contributed by atoms with Gasteiger partial charge in [0.25, 0.3) is 0 Å². The van der Waals surface area contributed by atoms with Gasteiger partial charge in [0.1, 0.15) is 28.3 Å². The van der Waals surface area contributed by atoms with Crippen molar-refractivity contribution in [2.75, 3.05) is 46.8 Å². The summed E-state index contributed by atoms with van der Waals surface area (Å²) in [5.41, 5.74) is 6.48. The zero-order chi connectivity index (χ0) is 41.3. The maximum absolute atomic E-state index is 13.7. The van der Waals surface area contributed by atoms with Gasteiger partial charge in [0.05, 0.1) is 5.02 Å². The number of benzene rings is 2. The molecule has 13 nitrogen and oxygen atoms in total. The number of carboxylic acids is 1. The second-order valence-corrected chi connectivity index (χ2v) is 16.3. The molecule has 0 radical (unpaired) electrons. The van der Waals surface area contributed by atoms with Crippen LogP contribution in [0.4, 0.5) is 13.2 Å². The van der Waals surface area contributed by atoms with Crippen molar-refractivity contribution in [1.29, 1.82) is 0 Å². The summed E-state index contributed by atoms with van der Waals surface area (Å²) in [6.07, 6.45) is -2.06. The van der Waals surface area contributed by atoms with Gasteiger partial charge in [-0.05, 0) is 78.5 Å². The minimum atomic E-state index is -5.08. The molecule has 0 spiro atoms. The van der Waals surface area contributed by atoms with E-state index in [1.54, 1.807) is 15.9 Å². The van der Waals surface area contributed by atoms with Gasteiger partial charge in [-0.1, -0.05) is 47.8 Å². The van der Waals surface area contributed by atoms with E-state index >= 15 is 0 Å². The van der Waals surface area contributed by atoms with E-state index in [0.717, 1.165) is 36.9 Å². The maximum atomic E-state index is 13.7. The Hall–Kier alpha value is -3.74. The maximum Gasteiger partial charge on any atom is 0.490 e. The summed E-state index contributed by atoms with van der Waals surface area (Å²) in [4.78, 5) is 45.1. The van der Waals surface area contributed by atoms with Crippen LogP contribution in [0.15, 0.2) is 47.4 Å². The fourth-order valence-electron chi connectivity index (χ4n) is 5.68. The van der Waals surface area contributed by atoms with Crippen LogP contribution in [0.3, 0.4) is 0 Å². The Morgan fingerprint density at radius 2 is 1.64 bits per heavy atom. The molecule has 4 N–H and O–H groups in total. The largest absolute Gasteiger partial charge is 0.490 e. The summed E-state index contributed by atoms with van der Waals surface area (Å²) in [5.74, 6) is -2.71. The number of sulfonamides is 1. The van der Waals surface area contributed by atoms with E-state index in [-0.39, 0.29) is 58.6 Å². The fourth-order valence-corrected chi connectivity index (χ4v) is 7.94. The Bertz CT molecular complexity index is 1940. The molecule has 1 aliphatic heterocycles. The van der Waals surface area contributed by atoms with E-state index in [2.05, 4.69) is 14.6 Å². The van der Waals surface area contributed by atoms with Gasteiger partial charge in [-0.15, -0.1) is 0 Å². The molecule has 4 rings (SSSR count). The Kier molecular flexibility index (Phi) is 16.1. The lowest BCUT2D eigenvalue weighted by Crippen LogP contribution is -2.60. The van der Waals surface area contributed by atoms with Crippen LogP contribution in [0.25, 0.3) is 10.9 Å². The number of nitrogens with one attached hydrogen (secondary N) is 1. The topological polar surface area (TPSA) is 175 Å². The number of unbranched alkanes of at least 4 members (excludes halogenated alkanes) is 1. The van der Waals surface area contributed by atoms with Crippen molar-refractivity contribution in [3.63, 3.8) is 0 Å². The molecule has 3 aromatic rings. The lowest BCUT2D eigenvalue weighted by atomic mass is 10.0. The van der Waals surface area contributed by atoms with E-state index in [1.165, 1.54) is 26.0 Å². The molecular weight excluding hydrogens is 788 g/mol. The van der Waals surface area contributed by atoms with Crippen LogP contribution in [-0.4, -0.2) is 116 Å². The molecule has 1 aliphatic rings. The number of pyridine rings is 1. The van der Waals surface area contributed by atoms with Gasteiger partial charge in [-0.25, -0.2) is 18.2 Å². The number of nitrogens with zero attached hydrogens (tertiary/aromatic N) is 4. The molecule has 0 aliphatic carbocycles. The molecular formula is C36H47Cl2F3N6O7S. The van der Waals surface area contributed by atoms with Gasteiger partial charge < -0.3 is 30.3 Å². The summed E-state index contributed by atoms with van der Waals surface area (Å²) in [7, 11) is -0.231. The third kappa shape index (κ3) is 13.2. The molecule has 2 heterocycles. The molecule has 19 heteroatoms. The average Bonchev–Trinajstić information content (AvgIpc) is 3.09. The van der Waals surface area contributed by atoms with Crippen LogP contribution in [0.5, 0.6) is 5.75 Å². The summed E-state index contributed by atoms with van der Waals surface area (Å²) in [5, 5.41) is 8.14. The number of alkyl halides is 3. The highest BCUT2D eigenvalue weighted by Gasteiger charge is 2.39. The number of para-hydroxylation sites is 1. The number of carbonyl (C=O) groups excluding carboxylic acids is 2. The molecule has 1 fully saturated rings. The highest BCUT2D eigenvalue weighted by Crippen LogP contribution is 2.34. The van der Waals surface area contributed by atoms with Crippen molar-refractivity contribution in [2.45, 2.75) is 75.7 Å². The number of carbonyl (C=O) groups is 3. The van der Waals surface area contributed by atoms with Crippen LogP contribution in [-0.2, 0) is 31.0 Å². The number of aliphatic carboxylic acids is 1. The van der Waals surface area contributed by atoms with Crippen LogP contribution in [0.2, 0.25) is 10.0 Å². The number of aryl methyl sites for hydroxylation is 1. The summed E-state index contributed by atoms with van der Waals surface area (Å²) >= 11 is 13.1. The monoisotopic (exact) mass is 834 g/mol. The minimum absolute atomic E-state index is 0.0360. The Morgan fingerprint density at radius 1 is 1.02 bits per heavy atom. The van der Waals surface area contributed by atoms with Crippen LogP contribution in [0.1, 0.15) is 50.8 Å². The molecule has 0 saturated carbocycles. The SMILES string of the molecule is Cc1ccc2cccc(OCc3c(Cl)ccc(S(=O)(=O)NC(C)(C)C(=O)N4CCN(C(=O)C[C@@H](N)CCCCN(C)C)CC4)c3Cl)c2n1.O=C(O)C(F)(F)F.